The summed E-state index contributed by atoms with van der Waals surface area (Å²) in [4.78, 5) is 34.2. The zero-order valence-corrected chi connectivity index (χ0v) is 10.4. The molecular weight excluding hydrogens is 268 g/mol. The standard InChI is InChI=1S/C12H12N2O6/c15-10-2-1-7(5-9(10)14(19)20)11(16)13-4-3-8(6-13)12(17)18/h1-2,5,8,15H,3-4,6H2,(H,17,18). The fourth-order valence-corrected chi connectivity index (χ4v) is 2.13. The van der Waals surface area contributed by atoms with Gasteiger partial charge in [-0.3, -0.25) is 19.7 Å². The number of likely N-dealkylation sites (tertiary alicyclic amines) is 1. The van der Waals surface area contributed by atoms with Gasteiger partial charge in [-0.15, -0.1) is 0 Å². The van der Waals surface area contributed by atoms with Gasteiger partial charge in [0.25, 0.3) is 5.91 Å². The second kappa shape index (κ2) is 5.16. The number of amides is 1. The van der Waals surface area contributed by atoms with Crippen LogP contribution in [0.25, 0.3) is 0 Å². The molecule has 1 saturated heterocycles. The number of carboxylic acids is 1. The number of carbonyl (C=O) groups is 2. The first kappa shape index (κ1) is 13.8. The Morgan fingerprint density at radius 1 is 1.40 bits per heavy atom. The van der Waals surface area contributed by atoms with Crippen LogP contribution < -0.4 is 0 Å². The topological polar surface area (TPSA) is 121 Å². The monoisotopic (exact) mass is 280 g/mol. The first-order valence-electron chi connectivity index (χ1n) is 5.89. The number of phenols is 1. The number of nitro groups is 1. The summed E-state index contributed by atoms with van der Waals surface area (Å²) < 4.78 is 0. The van der Waals surface area contributed by atoms with Crippen molar-refractivity contribution in [3.8, 4) is 5.75 Å². The van der Waals surface area contributed by atoms with Gasteiger partial charge in [0.2, 0.25) is 0 Å². The van der Waals surface area contributed by atoms with E-state index in [-0.39, 0.29) is 12.1 Å². The lowest BCUT2D eigenvalue weighted by molar-refractivity contribution is -0.385. The maximum absolute atomic E-state index is 12.1. The lowest BCUT2D eigenvalue weighted by Crippen LogP contribution is -2.29. The third-order valence-corrected chi connectivity index (χ3v) is 3.24. The van der Waals surface area contributed by atoms with Gasteiger partial charge in [0.05, 0.1) is 10.8 Å². The summed E-state index contributed by atoms with van der Waals surface area (Å²) in [6.07, 6.45) is 0.362. The first-order valence-corrected chi connectivity index (χ1v) is 5.89. The maximum Gasteiger partial charge on any atom is 0.311 e. The minimum atomic E-state index is -0.961. The van der Waals surface area contributed by atoms with E-state index in [0.29, 0.717) is 13.0 Å². The van der Waals surface area contributed by atoms with E-state index in [4.69, 9.17) is 5.11 Å². The highest BCUT2D eigenvalue weighted by Crippen LogP contribution is 2.27. The molecule has 2 N–H and O–H groups in total. The number of phenolic OH excluding ortho intramolecular Hbond substituents is 1. The molecule has 8 nitrogen and oxygen atoms in total. The van der Waals surface area contributed by atoms with E-state index in [1.54, 1.807) is 0 Å². The van der Waals surface area contributed by atoms with E-state index in [1.807, 2.05) is 0 Å². The second-order valence-corrected chi connectivity index (χ2v) is 4.54. The molecule has 8 heteroatoms. The van der Waals surface area contributed by atoms with Gasteiger partial charge in [0.15, 0.2) is 5.75 Å². The first-order chi connectivity index (χ1) is 9.40. The number of hydrogen-bond acceptors (Lipinski definition) is 5. The Morgan fingerprint density at radius 2 is 2.10 bits per heavy atom. The van der Waals surface area contributed by atoms with Gasteiger partial charge in [0, 0.05) is 24.7 Å². The Balaban J connectivity index is 2.20. The second-order valence-electron chi connectivity index (χ2n) is 4.54. The highest BCUT2D eigenvalue weighted by Gasteiger charge is 2.32. The van der Waals surface area contributed by atoms with Crippen molar-refractivity contribution in [2.45, 2.75) is 6.42 Å². The van der Waals surface area contributed by atoms with Crippen molar-refractivity contribution in [2.75, 3.05) is 13.1 Å². The van der Waals surface area contributed by atoms with Gasteiger partial charge in [-0.05, 0) is 18.6 Å². The van der Waals surface area contributed by atoms with E-state index in [0.717, 1.165) is 12.1 Å². The summed E-state index contributed by atoms with van der Waals surface area (Å²) in [6.45, 7) is 0.382. The molecule has 1 heterocycles. The Labute approximate surface area is 113 Å². The number of aromatic hydroxyl groups is 1. The Morgan fingerprint density at radius 3 is 2.65 bits per heavy atom. The van der Waals surface area contributed by atoms with Crippen LogP contribution in [0.3, 0.4) is 0 Å². The third kappa shape index (κ3) is 2.53. The van der Waals surface area contributed by atoms with Crippen molar-refractivity contribution in [1.29, 1.82) is 0 Å². The van der Waals surface area contributed by atoms with E-state index in [2.05, 4.69) is 0 Å². The van der Waals surface area contributed by atoms with Gasteiger partial charge < -0.3 is 15.1 Å². The summed E-state index contributed by atoms with van der Waals surface area (Å²) in [6, 6.07) is 3.35. The average molecular weight is 280 g/mol. The van der Waals surface area contributed by atoms with E-state index >= 15 is 0 Å². The van der Waals surface area contributed by atoms with Crippen molar-refractivity contribution >= 4 is 17.6 Å². The fraction of sp³-hybridized carbons (Fsp3) is 0.333. The number of hydrogen-bond donors (Lipinski definition) is 2. The molecule has 0 aliphatic carbocycles. The lowest BCUT2D eigenvalue weighted by atomic mass is 10.1. The van der Waals surface area contributed by atoms with Crippen LogP contribution in [0.15, 0.2) is 18.2 Å². The number of nitro benzene ring substituents is 1. The Kier molecular flexibility index (Phi) is 3.55. The van der Waals surface area contributed by atoms with E-state index in [9.17, 15) is 24.8 Å². The number of benzene rings is 1. The van der Waals surface area contributed by atoms with Gasteiger partial charge in [-0.25, -0.2) is 0 Å². The number of nitrogens with zero attached hydrogens (tertiary/aromatic N) is 2. The smallest absolute Gasteiger partial charge is 0.311 e. The number of carboxylic acid groups (broad SMARTS) is 1. The van der Waals surface area contributed by atoms with Crippen LogP contribution in [-0.2, 0) is 4.79 Å². The van der Waals surface area contributed by atoms with Crippen LogP contribution in [0.1, 0.15) is 16.8 Å². The predicted octanol–water partition coefficient (Wildman–Crippen LogP) is 0.847. The predicted molar refractivity (Wildman–Crippen MR) is 66.4 cm³/mol. The van der Waals surface area contributed by atoms with Crippen LogP contribution in [0.2, 0.25) is 0 Å². The molecule has 0 aromatic heterocycles. The fourth-order valence-electron chi connectivity index (χ4n) is 2.13. The summed E-state index contributed by atoms with van der Waals surface area (Å²) >= 11 is 0. The molecule has 0 saturated carbocycles. The van der Waals surface area contributed by atoms with Crippen molar-refractivity contribution in [2.24, 2.45) is 5.92 Å². The Hall–Kier alpha value is -2.64. The van der Waals surface area contributed by atoms with Crippen LogP contribution in [0, 0.1) is 16.0 Å². The molecule has 0 radical (unpaired) electrons. The summed E-state index contributed by atoms with van der Waals surface area (Å²) in [5.74, 6) is -2.56. The SMILES string of the molecule is O=C(O)C1CCN(C(=O)c2ccc(O)c([N+](=O)[O-])c2)C1. The van der Waals surface area contributed by atoms with Crippen LogP contribution in [0.5, 0.6) is 5.75 Å². The zero-order valence-electron chi connectivity index (χ0n) is 10.4. The van der Waals surface area contributed by atoms with Crippen molar-refractivity contribution in [3.63, 3.8) is 0 Å². The minimum absolute atomic E-state index is 0.0561. The van der Waals surface area contributed by atoms with Crippen molar-refractivity contribution < 1.29 is 24.7 Å². The molecular formula is C12H12N2O6. The molecule has 106 valence electrons. The van der Waals surface area contributed by atoms with Crippen molar-refractivity contribution in [3.05, 3.63) is 33.9 Å². The quantitative estimate of drug-likeness (QED) is 0.625. The number of aliphatic carboxylic acids is 1. The number of carbonyl (C=O) groups excluding carboxylic acids is 1. The molecule has 1 amide bonds. The van der Waals surface area contributed by atoms with Crippen LogP contribution >= 0.6 is 0 Å². The average Bonchev–Trinajstić information content (AvgIpc) is 2.87. The third-order valence-electron chi connectivity index (χ3n) is 3.24. The maximum atomic E-state index is 12.1. The molecule has 0 bridgehead atoms. The normalized spacial score (nSPS) is 18.0. The lowest BCUT2D eigenvalue weighted by Gasteiger charge is -2.15. The Bertz CT molecular complexity index is 585. The minimum Gasteiger partial charge on any atom is -0.502 e. The summed E-state index contributed by atoms with van der Waals surface area (Å²) in [5.41, 5.74) is -0.495. The van der Waals surface area contributed by atoms with Gasteiger partial charge >= 0.3 is 11.7 Å². The zero-order chi connectivity index (χ0) is 14.9. The van der Waals surface area contributed by atoms with Gasteiger partial charge in [-0.2, -0.15) is 0 Å². The van der Waals surface area contributed by atoms with Gasteiger partial charge in [0.1, 0.15) is 0 Å². The molecule has 1 fully saturated rings. The number of rotatable bonds is 3. The van der Waals surface area contributed by atoms with Crippen LogP contribution in [-0.4, -0.2) is 45.0 Å². The van der Waals surface area contributed by atoms with E-state index in [1.165, 1.54) is 11.0 Å². The molecule has 1 aromatic carbocycles. The molecule has 1 aliphatic heterocycles. The molecule has 1 atom stereocenters. The molecule has 1 unspecified atom stereocenters. The highest BCUT2D eigenvalue weighted by molar-refractivity contribution is 5.95. The largest absolute Gasteiger partial charge is 0.502 e. The van der Waals surface area contributed by atoms with Gasteiger partial charge in [-0.1, -0.05) is 0 Å². The molecule has 0 spiro atoms. The molecule has 1 aliphatic rings. The molecule has 1 aromatic rings. The van der Waals surface area contributed by atoms with Crippen LogP contribution in [0.4, 0.5) is 5.69 Å². The summed E-state index contributed by atoms with van der Waals surface area (Å²) in [7, 11) is 0. The summed E-state index contributed by atoms with van der Waals surface area (Å²) in [5, 5.41) is 28.9. The highest BCUT2D eigenvalue weighted by atomic mass is 16.6. The van der Waals surface area contributed by atoms with E-state index < -0.39 is 34.2 Å². The molecule has 2 rings (SSSR count). The van der Waals surface area contributed by atoms with Crippen molar-refractivity contribution in [1.82, 2.24) is 4.90 Å². The molecule has 20 heavy (non-hydrogen) atoms.